The summed E-state index contributed by atoms with van der Waals surface area (Å²) in [5, 5.41) is 0. The Labute approximate surface area is 125 Å². The van der Waals surface area contributed by atoms with E-state index in [1.54, 1.807) is 6.20 Å². The third-order valence-corrected chi connectivity index (χ3v) is 4.77. The highest BCUT2D eigenvalue weighted by molar-refractivity contribution is 5.33. The van der Waals surface area contributed by atoms with E-state index in [9.17, 15) is 4.39 Å². The van der Waals surface area contributed by atoms with Gasteiger partial charge in [-0.25, -0.2) is 4.39 Å². The molecular weight excluding hydrogens is 263 g/mol. The van der Waals surface area contributed by atoms with Crippen LogP contribution in [0.3, 0.4) is 0 Å². The number of halogens is 1. The molecule has 0 spiro atoms. The molecular formula is C18H21FN2. The molecule has 1 saturated carbocycles. The molecule has 3 rings (SSSR count). The average Bonchev–Trinajstić information content (AvgIpc) is 2.55. The van der Waals surface area contributed by atoms with Gasteiger partial charge in [-0.05, 0) is 30.0 Å². The molecule has 1 fully saturated rings. The molecule has 0 radical (unpaired) electrons. The van der Waals surface area contributed by atoms with Crippen molar-refractivity contribution >= 4 is 0 Å². The number of hydrogen-bond donors (Lipinski definition) is 1. The first-order valence-corrected chi connectivity index (χ1v) is 7.64. The van der Waals surface area contributed by atoms with Crippen molar-refractivity contribution in [3.05, 3.63) is 65.7 Å². The van der Waals surface area contributed by atoms with Gasteiger partial charge in [0.05, 0.1) is 6.20 Å². The van der Waals surface area contributed by atoms with Crippen LogP contribution in [0.2, 0.25) is 0 Å². The van der Waals surface area contributed by atoms with E-state index < -0.39 is 0 Å². The standard InChI is InChI=1S/C18H21FN2/c19-16-11-14(12-21-13-16)17(20)18(9-5-2-6-10-18)15-7-3-1-4-8-15/h1,3-4,7-8,11-13,17H,2,5-6,9-10,20H2. The van der Waals surface area contributed by atoms with Crippen molar-refractivity contribution in [3.63, 3.8) is 0 Å². The zero-order valence-electron chi connectivity index (χ0n) is 12.1. The fraction of sp³-hybridized carbons (Fsp3) is 0.389. The Morgan fingerprint density at radius 1 is 1.05 bits per heavy atom. The van der Waals surface area contributed by atoms with E-state index in [0.717, 1.165) is 18.4 Å². The second-order valence-electron chi connectivity index (χ2n) is 6.00. The summed E-state index contributed by atoms with van der Waals surface area (Å²) in [7, 11) is 0. The third-order valence-electron chi connectivity index (χ3n) is 4.77. The molecule has 1 aromatic carbocycles. The van der Waals surface area contributed by atoms with E-state index in [1.165, 1.54) is 37.1 Å². The molecule has 110 valence electrons. The smallest absolute Gasteiger partial charge is 0.141 e. The number of nitrogens with zero attached hydrogens (tertiary/aromatic N) is 1. The van der Waals surface area contributed by atoms with Crippen LogP contribution in [-0.4, -0.2) is 4.98 Å². The molecule has 1 aromatic heterocycles. The van der Waals surface area contributed by atoms with Gasteiger partial charge in [0.15, 0.2) is 0 Å². The van der Waals surface area contributed by atoms with Crippen LogP contribution >= 0.6 is 0 Å². The monoisotopic (exact) mass is 284 g/mol. The molecule has 1 aliphatic rings. The molecule has 0 bridgehead atoms. The maximum atomic E-state index is 13.5. The second-order valence-corrected chi connectivity index (χ2v) is 6.00. The summed E-state index contributed by atoms with van der Waals surface area (Å²) in [5.41, 5.74) is 8.55. The van der Waals surface area contributed by atoms with E-state index in [4.69, 9.17) is 5.73 Å². The lowest BCUT2D eigenvalue weighted by Gasteiger charge is -2.42. The van der Waals surface area contributed by atoms with Gasteiger partial charge >= 0.3 is 0 Å². The van der Waals surface area contributed by atoms with Crippen LogP contribution < -0.4 is 5.73 Å². The fourth-order valence-corrected chi connectivity index (χ4v) is 3.65. The summed E-state index contributed by atoms with van der Waals surface area (Å²) in [6, 6.07) is 11.7. The van der Waals surface area contributed by atoms with Gasteiger partial charge in [-0.2, -0.15) is 0 Å². The molecule has 2 N–H and O–H groups in total. The molecule has 1 aliphatic carbocycles. The van der Waals surface area contributed by atoms with E-state index >= 15 is 0 Å². The lowest BCUT2D eigenvalue weighted by molar-refractivity contribution is 0.243. The molecule has 1 atom stereocenters. The topological polar surface area (TPSA) is 38.9 Å². The highest BCUT2D eigenvalue weighted by Crippen LogP contribution is 2.46. The van der Waals surface area contributed by atoms with E-state index in [-0.39, 0.29) is 17.3 Å². The minimum absolute atomic E-state index is 0.102. The van der Waals surface area contributed by atoms with Gasteiger partial charge in [0.1, 0.15) is 5.82 Å². The highest BCUT2D eigenvalue weighted by atomic mass is 19.1. The van der Waals surface area contributed by atoms with Crippen LogP contribution in [0.15, 0.2) is 48.8 Å². The van der Waals surface area contributed by atoms with Crippen molar-refractivity contribution in [2.75, 3.05) is 0 Å². The predicted molar refractivity (Wildman–Crippen MR) is 82.3 cm³/mol. The lowest BCUT2D eigenvalue weighted by Crippen LogP contribution is -2.40. The van der Waals surface area contributed by atoms with E-state index in [0.29, 0.717) is 0 Å². The van der Waals surface area contributed by atoms with Gasteiger partial charge in [0.2, 0.25) is 0 Å². The Morgan fingerprint density at radius 2 is 1.76 bits per heavy atom. The van der Waals surface area contributed by atoms with Crippen molar-refractivity contribution in [2.24, 2.45) is 5.73 Å². The molecule has 0 aliphatic heterocycles. The Balaban J connectivity index is 2.03. The van der Waals surface area contributed by atoms with Gasteiger partial charge in [-0.3, -0.25) is 4.98 Å². The van der Waals surface area contributed by atoms with Crippen LogP contribution in [0.4, 0.5) is 4.39 Å². The zero-order chi connectivity index (χ0) is 14.7. The quantitative estimate of drug-likeness (QED) is 0.920. The number of hydrogen-bond acceptors (Lipinski definition) is 2. The van der Waals surface area contributed by atoms with Gasteiger partial charge < -0.3 is 5.73 Å². The normalized spacial score (nSPS) is 19.1. The van der Waals surface area contributed by atoms with E-state index in [1.807, 2.05) is 6.07 Å². The predicted octanol–water partition coefficient (Wildman–Crippen LogP) is 4.12. The lowest BCUT2D eigenvalue weighted by atomic mass is 9.64. The summed E-state index contributed by atoms with van der Waals surface area (Å²) in [6.45, 7) is 0. The number of pyridine rings is 1. The maximum absolute atomic E-state index is 13.5. The third kappa shape index (κ3) is 2.70. The summed E-state index contributed by atoms with van der Waals surface area (Å²) in [6.07, 6.45) is 8.63. The minimum Gasteiger partial charge on any atom is -0.323 e. The molecule has 3 heteroatoms. The summed E-state index contributed by atoms with van der Waals surface area (Å²) in [5.74, 6) is -0.318. The zero-order valence-corrected chi connectivity index (χ0v) is 12.1. The van der Waals surface area contributed by atoms with Crippen LogP contribution in [-0.2, 0) is 5.41 Å². The Bertz CT molecular complexity index is 591. The molecule has 0 amide bonds. The van der Waals surface area contributed by atoms with E-state index in [2.05, 4.69) is 29.2 Å². The summed E-state index contributed by atoms with van der Waals surface area (Å²) in [4.78, 5) is 3.97. The Morgan fingerprint density at radius 3 is 2.43 bits per heavy atom. The Kier molecular flexibility index (Phi) is 4.02. The molecule has 21 heavy (non-hydrogen) atoms. The minimum atomic E-state index is -0.318. The number of rotatable bonds is 3. The second kappa shape index (κ2) is 5.94. The number of benzene rings is 1. The SMILES string of the molecule is NC(c1cncc(F)c1)C1(c2ccccc2)CCCCC1. The first kappa shape index (κ1) is 14.2. The highest BCUT2D eigenvalue weighted by Gasteiger charge is 2.40. The van der Waals surface area contributed by atoms with Crippen LogP contribution in [0.1, 0.15) is 49.3 Å². The van der Waals surface area contributed by atoms with Gasteiger partial charge in [-0.1, -0.05) is 49.6 Å². The molecule has 0 saturated heterocycles. The van der Waals surface area contributed by atoms with Gasteiger partial charge in [-0.15, -0.1) is 0 Å². The van der Waals surface area contributed by atoms with Crippen LogP contribution in [0.5, 0.6) is 0 Å². The Hall–Kier alpha value is -1.74. The van der Waals surface area contributed by atoms with Crippen molar-refractivity contribution in [1.82, 2.24) is 4.98 Å². The fourth-order valence-electron chi connectivity index (χ4n) is 3.65. The van der Waals surface area contributed by atoms with Crippen LogP contribution in [0.25, 0.3) is 0 Å². The van der Waals surface area contributed by atoms with Crippen LogP contribution in [0, 0.1) is 5.82 Å². The van der Waals surface area contributed by atoms with Gasteiger partial charge in [0, 0.05) is 17.7 Å². The maximum Gasteiger partial charge on any atom is 0.141 e. The largest absolute Gasteiger partial charge is 0.323 e. The summed E-state index contributed by atoms with van der Waals surface area (Å²) < 4.78 is 13.5. The first-order chi connectivity index (χ1) is 10.2. The molecule has 2 aromatic rings. The number of aromatic nitrogens is 1. The first-order valence-electron chi connectivity index (χ1n) is 7.64. The van der Waals surface area contributed by atoms with Crippen molar-refractivity contribution < 1.29 is 4.39 Å². The molecule has 2 nitrogen and oxygen atoms in total. The van der Waals surface area contributed by atoms with Gasteiger partial charge in [0.25, 0.3) is 0 Å². The molecule has 1 unspecified atom stereocenters. The van der Waals surface area contributed by atoms with Crippen molar-refractivity contribution in [2.45, 2.75) is 43.6 Å². The number of nitrogens with two attached hydrogens (primary N) is 1. The van der Waals surface area contributed by atoms with Crippen molar-refractivity contribution in [3.8, 4) is 0 Å². The molecule has 1 heterocycles. The summed E-state index contributed by atoms with van der Waals surface area (Å²) >= 11 is 0. The average molecular weight is 284 g/mol. The van der Waals surface area contributed by atoms with Crippen molar-refractivity contribution in [1.29, 1.82) is 0 Å².